The largest absolute Gasteiger partial charge is 0.389 e. The van der Waals surface area contributed by atoms with E-state index in [0.29, 0.717) is 32.3 Å². The highest BCUT2D eigenvalue weighted by Crippen LogP contribution is 2.25. The van der Waals surface area contributed by atoms with Crippen LogP contribution in [-0.2, 0) is 16.1 Å². The number of hydrogen-bond donors (Lipinski definition) is 2. The van der Waals surface area contributed by atoms with E-state index < -0.39 is 6.10 Å². The first-order valence-corrected chi connectivity index (χ1v) is 7.60. The monoisotopic (exact) mass is 345 g/mol. The first kappa shape index (κ1) is 17.4. The molecular weight excluding hydrogens is 322 g/mol. The number of rotatable bonds is 9. The molecule has 1 rings (SSSR count). The Labute approximate surface area is 129 Å². The molecule has 0 bridgehead atoms. The van der Waals surface area contributed by atoms with Gasteiger partial charge in [-0.3, -0.25) is 0 Å². The predicted molar refractivity (Wildman–Crippen MR) is 85.0 cm³/mol. The van der Waals surface area contributed by atoms with Gasteiger partial charge < -0.3 is 19.9 Å². The average molecular weight is 346 g/mol. The van der Waals surface area contributed by atoms with E-state index in [-0.39, 0.29) is 0 Å². The van der Waals surface area contributed by atoms with Crippen LogP contribution in [0, 0.1) is 5.92 Å². The van der Waals surface area contributed by atoms with Gasteiger partial charge >= 0.3 is 0 Å². The van der Waals surface area contributed by atoms with Gasteiger partial charge in [-0.2, -0.15) is 0 Å². The van der Waals surface area contributed by atoms with Crippen molar-refractivity contribution in [2.24, 2.45) is 5.92 Å². The van der Waals surface area contributed by atoms with Crippen molar-refractivity contribution in [1.29, 1.82) is 0 Å². The zero-order valence-corrected chi connectivity index (χ0v) is 13.9. The van der Waals surface area contributed by atoms with Crippen LogP contribution in [0.2, 0.25) is 0 Å². The van der Waals surface area contributed by atoms with Gasteiger partial charge in [0.05, 0.1) is 19.3 Å². The van der Waals surface area contributed by atoms with Crippen molar-refractivity contribution in [3.63, 3.8) is 0 Å². The van der Waals surface area contributed by atoms with E-state index in [9.17, 15) is 5.11 Å². The summed E-state index contributed by atoms with van der Waals surface area (Å²) in [6.45, 7) is 6.16. The zero-order chi connectivity index (χ0) is 15.0. The summed E-state index contributed by atoms with van der Waals surface area (Å²) >= 11 is 3.51. The van der Waals surface area contributed by atoms with Crippen LogP contribution in [0.25, 0.3) is 0 Å². The first-order chi connectivity index (χ1) is 9.54. The van der Waals surface area contributed by atoms with E-state index >= 15 is 0 Å². The molecular formula is C15H24BrNO3. The number of ether oxygens (including phenoxy) is 2. The Hall–Kier alpha value is -0.620. The van der Waals surface area contributed by atoms with Crippen LogP contribution in [0.1, 0.15) is 19.4 Å². The normalized spacial score (nSPS) is 12.7. The van der Waals surface area contributed by atoms with Gasteiger partial charge in [-0.25, -0.2) is 0 Å². The standard InChI is InChI=1S/C15H24BrNO3/c1-11(2)8-20-9-12(18)7-17-15-6-4-5-14(16)13(15)10-19-3/h4-6,11-12,17-18H,7-10H2,1-3H3. The molecule has 1 aromatic carbocycles. The van der Waals surface area contributed by atoms with Crippen LogP contribution >= 0.6 is 15.9 Å². The van der Waals surface area contributed by atoms with Crippen molar-refractivity contribution < 1.29 is 14.6 Å². The molecule has 20 heavy (non-hydrogen) atoms. The maximum absolute atomic E-state index is 9.88. The molecule has 0 aromatic heterocycles. The Balaban J connectivity index is 2.46. The SMILES string of the molecule is COCc1c(Br)cccc1NCC(O)COCC(C)C. The smallest absolute Gasteiger partial charge is 0.0945 e. The van der Waals surface area contributed by atoms with Gasteiger partial charge in [-0.05, 0) is 18.1 Å². The van der Waals surface area contributed by atoms with Crippen molar-refractivity contribution in [2.45, 2.75) is 26.6 Å². The van der Waals surface area contributed by atoms with E-state index in [0.717, 1.165) is 15.7 Å². The van der Waals surface area contributed by atoms with Gasteiger partial charge in [-0.15, -0.1) is 0 Å². The summed E-state index contributed by atoms with van der Waals surface area (Å²) in [6.07, 6.45) is -0.525. The summed E-state index contributed by atoms with van der Waals surface area (Å²) in [5.41, 5.74) is 2.01. The zero-order valence-electron chi connectivity index (χ0n) is 12.4. The van der Waals surface area contributed by atoms with E-state index in [2.05, 4.69) is 35.1 Å². The lowest BCUT2D eigenvalue weighted by Crippen LogP contribution is -2.26. The number of aliphatic hydroxyl groups is 1. The molecule has 1 atom stereocenters. The molecule has 0 amide bonds. The summed E-state index contributed by atoms with van der Waals surface area (Å²) in [6, 6.07) is 5.90. The highest BCUT2D eigenvalue weighted by molar-refractivity contribution is 9.10. The van der Waals surface area contributed by atoms with E-state index in [1.54, 1.807) is 7.11 Å². The minimum absolute atomic E-state index is 0.346. The Morgan fingerprint density at radius 1 is 1.30 bits per heavy atom. The Bertz CT molecular complexity index is 399. The van der Waals surface area contributed by atoms with Crippen LogP contribution in [0.3, 0.4) is 0 Å². The molecule has 114 valence electrons. The van der Waals surface area contributed by atoms with Crippen molar-refractivity contribution in [3.8, 4) is 0 Å². The van der Waals surface area contributed by atoms with Crippen molar-refractivity contribution in [1.82, 2.24) is 0 Å². The molecule has 1 aromatic rings. The van der Waals surface area contributed by atoms with Crippen LogP contribution in [0.15, 0.2) is 22.7 Å². The average Bonchev–Trinajstić information content (AvgIpc) is 2.39. The molecule has 1 unspecified atom stereocenters. The summed E-state index contributed by atoms with van der Waals surface area (Å²) in [5.74, 6) is 0.480. The summed E-state index contributed by atoms with van der Waals surface area (Å²) in [5, 5.41) is 13.1. The molecule has 2 N–H and O–H groups in total. The highest BCUT2D eigenvalue weighted by Gasteiger charge is 2.09. The second-order valence-electron chi connectivity index (χ2n) is 5.16. The summed E-state index contributed by atoms with van der Waals surface area (Å²) in [7, 11) is 1.66. The Kier molecular flexibility index (Phi) is 8.14. The third-order valence-electron chi connectivity index (χ3n) is 2.70. The summed E-state index contributed by atoms with van der Waals surface area (Å²) in [4.78, 5) is 0. The molecule has 0 saturated heterocycles. The van der Waals surface area contributed by atoms with Gasteiger partial charge in [0.1, 0.15) is 0 Å². The highest BCUT2D eigenvalue weighted by atomic mass is 79.9. The van der Waals surface area contributed by atoms with Crippen LogP contribution < -0.4 is 5.32 Å². The Morgan fingerprint density at radius 3 is 2.70 bits per heavy atom. The molecule has 0 radical (unpaired) electrons. The van der Waals surface area contributed by atoms with E-state index in [4.69, 9.17) is 9.47 Å². The predicted octanol–water partition coefficient (Wildman–Crippen LogP) is 3.04. The molecule has 0 spiro atoms. The quantitative estimate of drug-likeness (QED) is 0.722. The van der Waals surface area contributed by atoms with Crippen molar-refractivity contribution >= 4 is 21.6 Å². The fraction of sp³-hybridized carbons (Fsp3) is 0.600. The minimum atomic E-state index is -0.525. The maximum atomic E-state index is 9.88. The molecule has 0 aliphatic rings. The van der Waals surface area contributed by atoms with Gasteiger partial charge in [0.15, 0.2) is 0 Å². The number of methoxy groups -OCH3 is 1. The molecule has 0 fully saturated rings. The number of anilines is 1. The van der Waals surface area contributed by atoms with Gasteiger partial charge in [-0.1, -0.05) is 35.8 Å². The topological polar surface area (TPSA) is 50.7 Å². The molecule has 0 aliphatic heterocycles. The van der Waals surface area contributed by atoms with Crippen molar-refractivity contribution in [2.75, 3.05) is 32.2 Å². The lowest BCUT2D eigenvalue weighted by Gasteiger charge is -2.17. The lowest BCUT2D eigenvalue weighted by molar-refractivity contribution is 0.0317. The Morgan fingerprint density at radius 2 is 2.05 bits per heavy atom. The van der Waals surface area contributed by atoms with E-state index in [1.165, 1.54) is 0 Å². The van der Waals surface area contributed by atoms with Crippen LogP contribution in [0.5, 0.6) is 0 Å². The van der Waals surface area contributed by atoms with Crippen LogP contribution in [-0.4, -0.2) is 38.1 Å². The number of hydrogen-bond acceptors (Lipinski definition) is 4. The third kappa shape index (κ3) is 6.22. The molecule has 5 heteroatoms. The second kappa shape index (κ2) is 9.34. The second-order valence-corrected chi connectivity index (χ2v) is 6.02. The number of benzene rings is 1. The fourth-order valence-electron chi connectivity index (χ4n) is 1.74. The third-order valence-corrected chi connectivity index (χ3v) is 3.44. The maximum Gasteiger partial charge on any atom is 0.0945 e. The fourth-order valence-corrected chi connectivity index (χ4v) is 2.22. The van der Waals surface area contributed by atoms with Gasteiger partial charge in [0, 0.05) is 36.0 Å². The number of nitrogens with one attached hydrogen (secondary N) is 1. The first-order valence-electron chi connectivity index (χ1n) is 6.80. The number of aliphatic hydroxyl groups excluding tert-OH is 1. The van der Waals surface area contributed by atoms with Crippen molar-refractivity contribution in [3.05, 3.63) is 28.2 Å². The van der Waals surface area contributed by atoms with Crippen LogP contribution in [0.4, 0.5) is 5.69 Å². The molecule has 4 nitrogen and oxygen atoms in total. The molecule has 0 saturated carbocycles. The lowest BCUT2D eigenvalue weighted by atomic mass is 10.2. The summed E-state index contributed by atoms with van der Waals surface area (Å²) < 4.78 is 11.6. The minimum Gasteiger partial charge on any atom is -0.389 e. The molecule has 0 aliphatic carbocycles. The molecule has 0 heterocycles. The van der Waals surface area contributed by atoms with E-state index in [1.807, 2.05) is 18.2 Å². The van der Waals surface area contributed by atoms with Gasteiger partial charge in [0.25, 0.3) is 0 Å². The van der Waals surface area contributed by atoms with Gasteiger partial charge in [0.2, 0.25) is 0 Å². The number of halogens is 1.